The van der Waals surface area contributed by atoms with Crippen LogP contribution in [0.2, 0.25) is 0 Å². The second-order valence-corrected chi connectivity index (χ2v) is 9.20. The molecule has 0 spiro atoms. The molecular weight excluding hydrogens is 500 g/mol. The van der Waals surface area contributed by atoms with Crippen LogP contribution in [0.3, 0.4) is 0 Å². The van der Waals surface area contributed by atoms with Gasteiger partial charge in [0.05, 0.1) is 34.8 Å². The summed E-state index contributed by atoms with van der Waals surface area (Å²) >= 11 is 6.67. The normalized spacial score (nSPS) is 14.3. The van der Waals surface area contributed by atoms with Crippen LogP contribution in [0.5, 0.6) is 17.2 Å². The summed E-state index contributed by atoms with van der Waals surface area (Å²) in [6, 6.07) is 18.8. The molecule has 0 unspecified atom stereocenters. The van der Waals surface area contributed by atoms with Gasteiger partial charge in [-0.25, -0.2) is 0 Å². The Labute approximate surface area is 217 Å². The van der Waals surface area contributed by atoms with Crippen molar-refractivity contribution in [3.63, 3.8) is 0 Å². The van der Waals surface area contributed by atoms with E-state index in [0.29, 0.717) is 44.3 Å². The van der Waals surface area contributed by atoms with E-state index in [0.717, 1.165) is 5.56 Å². The van der Waals surface area contributed by atoms with Crippen molar-refractivity contribution in [3.8, 4) is 17.2 Å². The molecule has 0 aromatic heterocycles. The van der Waals surface area contributed by atoms with Gasteiger partial charge in [0.2, 0.25) is 0 Å². The van der Waals surface area contributed by atoms with Crippen LogP contribution in [0.1, 0.15) is 18.1 Å². The fraction of sp³-hybridized carbons (Fsp3) is 0.154. The van der Waals surface area contributed by atoms with Gasteiger partial charge in [0.15, 0.2) is 15.8 Å². The third-order valence-electron chi connectivity index (χ3n) is 5.26. The molecule has 1 saturated heterocycles. The molecule has 1 aliphatic heterocycles. The summed E-state index contributed by atoms with van der Waals surface area (Å²) in [6.07, 6.45) is 1.75. The zero-order valence-corrected chi connectivity index (χ0v) is 21.1. The van der Waals surface area contributed by atoms with E-state index < -0.39 is 4.92 Å². The highest BCUT2D eigenvalue weighted by Crippen LogP contribution is 2.38. The van der Waals surface area contributed by atoms with Gasteiger partial charge in [-0.2, -0.15) is 0 Å². The second kappa shape index (κ2) is 11.2. The van der Waals surface area contributed by atoms with Crippen molar-refractivity contribution < 1.29 is 23.9 Å². The first kappa shape index (κ1) is 25.2. The number of para-hydroxylation sites is 1. The predicted molar refractivity (Wildman–Crippen MR) is 144 cm³/mol. The van der Waals surface area contributed by atoms with Gasteiger partial charge >= 0.3 is 0 Å². The van der Waals surface area contributed by atoms with Crippen LogP contribution in [-0.4, -0.2) is 28.9 Å². The molecule has 0 saturated carbocycles. The van der Waals surface area contributed by atoms with Crippen molar-refractivity contribution in [1.29, 1.82) is 0 Å². The zero-order valence-electron chi connectivity index (χ0n) is 19.5. The number of carbonyl (C=O) groups is 1. The highest BCUT2D eigenvalue weighted by Gasteiger charge is 2.33. The van der Waals surface area contributed by atoms with E-state index in [1.54, 1.807) is 73.8 Å². The molecule has 0 aliphatic carbocycles. The lowest BCUT2D eigenvalue weighted by atomic mass is 10.1. The van der Waals surface area contributed by atoms with Crippen LogP contribution in [0.15, 0.2) is 71.6 Å². The minimum atomic E-state index is -0.437. The highest BCUT2D eigenvalue weighted by molar-refractivity contribution is 8.27. The molecule has 1 heterocycles. The molecule has 4 rings (SSSR count). The molecule has 8 nitrogen and oxygen atoms in total. The number of nitrogens with zero attached hydrogens (tertiary/aromatic N) is 2. The molecule has 10 heteroatoms. The van der Waals surface area contributed by atoms with Gasteiger partial charge in [0, 0.05) is 6.07 Å². The molecule has 0 radical (unpaired) electrons. The molecule has 0 atom stereocenters. The Kier molecular flexibility index (Phi) is 7.87. The van der Waals surface area contributed by atoms with Gasteiger partial charge in [-0.05, 0) is 61.0 Å². The molecule has 184 valence electrons. The maximum atomic E-state index is 13.1. The van der Waals surface area contributed by atoms with Gasteiger partial charge < -0.3 is 14.2 Å². The van der Waals surface area contributed by atoms with Gasteiger partial charge in [-0.15, -0.1) is 0 Å². The standard InChI is InChI=1S/C26H22N2O6S2/c1-3-33-23-14-17(8-13-22(23)34-16-18-6-4-5-7-21(18)28(30)31)15-24-25(29)27(26(35)36-24)19-9-11-20(32-2)12-10-19/h4-15H,3,16H2,1-2H3/b24-15-. The molecule has 3 aromatic rings. The van der Waals surface area contributed by atoms with Crippen molar-refractivity contribution in [2.45, 2.75) is 13.5 Å². The van der Waals surface area contributed by atoms with Gasteiger partial charge in [-0.3, -0.25) is 19.8 Å². The van der Waals surface area contributed by atoms with Gasteiger partial charge in [0.25, 0.3) is 11.6 Å². The maximum absolute atomic E-state index is 13.1. The number of nitro groups is 1. The lowest BCUT2D eigenvalue weighted by Gasteiger charge is -2.15. The number of rotatable bonds is 9. The first-order chi connectivity index (χ1) is 17.4. The van der Waals surface area contributed by atoms with Crippen LogP contribution in [0, 0.1) is 10.1 Å². The average molecular weight is 523 g/mol. The number of amides is 1. The van der Waals surface area contributed by atoms with Crippen LogP contribution in [-0.2, 0) is 11.4 Å². The summed E-state index contributed by atoms with van der Waals surface area (Å²) < 4.78 is 17.2. The largest absolute Gasteiger partial charge is 0.497 e. The topological polar surface area (TPSA) is 91.1 Å². The predicted octanol–water partition coefficient (Wildman–Crippen LogP) is 5.99. The number of methoxy groups -OCH3 is 1. The number of hydrogen-bond acceptors (Lipinski definition) is 8. The smallest absolute Gasteiger partial charge is 0.276 e. The second-order valence-electron chi connectivity index (χ2n) is 7.53. The number of hydrogen-bond donors (Lipinski definition) is 0. The third-order valence-corrected chi connectivity index (χ3v) is 6.56. The van der Waals surface area contributed by atoms with E-state index in [4.69, 9.17) is 26.4 Å². The zero-order chi connectivity index (χ0) is 25.7. The van der Waals surface area contributed by atoms with Crippen molar-refractivity contribution in [1.82, 2.24) is 0 Å². The lowest BCUT2D eigenvalue weighted by Crippen LogP contribution is -2.27. The van der Waals surface area contributed by atoms with Crippen LogP contribution >= 0.6 is 24.0 Å². The molecular formula is C26H22N2O6S2. The Morgan fingerprint density at radius 1 is 1.06 bits per heavy atom. The van der Waals surface area contributed by atoms with Crippen LogP contribution < -0.4 is 19.1 Å². The van der Waals surface area contributed by atoms with E-state index in [-0.39, 0.29) is 18.2 Å². The van der Waals surface area contributed by atoms with Crippen LogP contribution in [0.4, 0.5) is 11.4 Å². The fourth-order valence-electron chi connectivity index (χ4n) is 3.54. The van der Waals surface area contributed by atoms with Gasteiger partial charge in [-0.1, -0.05) is 42.2 Å². The summed E-state index contributed by atoms with van der Waals surface area (Å²) in [5, 5.41) is 11.3. The van der Waals surface area contributed by atoms with Crippen LogP contribution in [0.25, 0.3) is 6.08 Å². The molecule has 0 N–H and O–H groups in total. The average Bonchev–Trinajstić information content (AvgIpc) is 3.16. The van der Waals surface area contributed by atoms with Crippen molar-refractivity contribution in [2.24, 2.45) is 0 Å². The molecule has 1 amide bonds. The molecule has 1 fully saturated rings. The number of benzene rings is 3. The summed E-state index contributed by atoms with van der Waals surface area (Å²) in [4.78, 5) is 25.9. The highest BCUT2D eigenvalue weighted by atomic mass is 32.2. The Morgan fingerprint density at radius 2 is 1.81 bits per heavy atom. The van der Waals surface area contributed by atoms with Crippen molar-refractivity contribution in [3.05, 3.63) is 92.9 Å². The number of carbonyl (C=O) groups excluding carboxylic acids is 1. The van der Waals surface area contributed by atoms with E-state index >= 15 is 0 Å². The lowest BCUT2D eigenvalue weighted by molar-refractivity contribution is -0.385. The van der Waals surface area contributed by atoms with E-state index in [1.165, 1.54) is 22.7 Å². The number of thiocarbonyl (C=S) groups is 1. The SMILES string of the molecule is CCOc1cc(/C=C2\SC(=S)N(c3ccc(OC)cc3)C2=O)ccc1OCc1ccccc1[N+](=O)[O-]. The van der Waals surface area contributed by atoms with Gasteiger partial charge in [0.1, 0.15) is 12.4 Å². The number of ether oxygens (including phenoxy) is 3. The number of thioether (sulfide) groups is 1. The minimum Gasteiger partial charge on any atom is -0.497 e. The first-order valence-electron chi connectivity index (χ1n) is 10.9. The number of anilines is 1. The monoisotopic (exact) mass is 522 g/mol. The Morgan fingerprint density at radius 3 is 2.50 bits per heavy atom. The third kappa shape index (κ3) is 5.50. The van der Waals surface area contributed by atoms with Crippen molar-refractivity contribution in [2.75, 3.05) is 18.6 Å². The van der Waals surface area contributed by atoms with E-state index in [9.17, 15) is 14.9 Å². The molecule has 3 aromatic carbocycles. The Hall–Kier alpha value is -3.89. The first-order valence-corrected chi connectivity index (χ1v) is 12.2. The number of nitro benzene ring substituents is 1. The fourth-order valence-corrected chi connectivity index (χ4v) is 4.84. The minimum absolute atomic E-state index is 0.00836. The van der Waals surface area contributed by atoms with E-state index in [1.807, 2.05) is 6.92 Å². The Balaban J connectivity index is 1.55. The summed E-state index contributed by atoms with van der Waals surface area (Å²) in [5.41, 5.74) is 1.84. The molecule has 0 bridgehead atoms. The maximum Gasteiger partial charge on any atom is 0.276 e. The van der Waals surface area contributed by atoms with E-state index in [2.05, 4.69) is 0 Å². The molecule has 1 aliphatic rings. The summed E-state index contributed by atoms with van der Waals surface area (Å²) in [6.45, 7) is 2.25. The molecule has 36 heavy (non-hydrogen) atoms. The summed E-state index contributed by atoms with van der Waals surface area (Å²) in [5.74, 6) is 1.38. The quantitative estimate of drug-likeness (QED) is 0.147. The summed E-state index contributed by atoms with van der Waals surface area (Å²) in [7, 11) is 1.58. The van der Waals surface area contributed by atoms with Crippen molar-refractivity contribution >= 4 is 51.7 Å². The Bertz CT molecular complexity index is 1340.